The van der Waals surface area contributed by atoms with Crippen molar-refractivity contribution in [2.45, 2.75) is 52.4 Å². The molecular formula is C24H31N3. The highest BCUT2D eigenvalue weighted by atomic mass is 15.1. The highest BCUT2D eigenvalue weighted by molar-refractivity contribution is 5.92. The fraction of sp³-hybridized carbons (Fsp3) is 0.458. The quantitative estimate of drug-likeness (QED) is 0.641. The molecule has 142 valence electrons. The van der Waals surface area contributed by atoms with E-state index in [-0.39, 0.29) is 0 Å². The van der Waals surface area contributed by atoms with E-state index in [4.69, 9.17) is 0 Å². The molecule has 3 aromatic rings. The summed E-state index contributed by atoms with van der Waals surface area (Å²) in [7, 11) is 2.23. The van der Waals surface area contributed by atoms with Crippen LogP contribution in [-0.2, 0) is 0 Å². The predicted molar refractivity (Wildman–Crippen MR) is 115 cm³/mol. The summed E-state index contributed by atoms with van der Waals surface area (Å²) in [5.41, 5.74) is 9.11. The Hall–Kier alpha value is -2.13. The Bertz CT molecular complexity index is 959. The Kier molecular flexibility index (Phi) is 4.81. The van der Waals surface area contributed by atoms with Gasteiger partial charge in [-0.25, -0.2) is 0 Å². The normalized spacial score (nSPS) is 16.5. The van der Waals surface area contributed by atoms with Gasteiger partial charge in [0, 0.05) is 28.4 Å². The Morgan fingerprint density at radius 1 is 1.11 bits per heavy atom. The number of likely N-dealkylation sites (tertiary alicyclic amines) is 1. The largest absolute Gasteiger partial charge is 0.354 e. The highest BCUT2D eigenvalue weighted by Crippen LogP contribution is 2.39. The number of H-pyrrole nitrogens is 1. The lowest BCUT2D eigenvalue weighted by molar-refractivity contribution is 0.255. The van der Waals surface area contributed by atoms with Gasteiger partial charge in [-0.3, -0.25) is 4.98 Å². The lowest BCUT2D eigenvalue weighted by atomic mass is 9.87. The number of nitrogens with zero attached hydrogens (tertiary/aromatic N) is 2. The first-order valence-electron chi connectivity index (χ1n) is 10.2. The summed E-state index contributed by atoms with van der Waals surface area (Å²) in [6.07, 6.45) is 4.45. The minimum Gasteiger partial charge on any atom is -0.354 e. The summed E-state index contributed by atoms with van der Waals surface area (Å²) in [6, 6.07) is 9.25. The Balaban J connectivity index is 1.84. The first kappa shape index (κ1) is 18.2. The average molecular weight is 362 g/mol. The summed E-state index contributed by atoms with van der Waals surface area (Å²) in [4.78, 5) is 10.6. The topological polar surface area (TPSA) is 31.9 Å². The first-order valence-corrected chi connectivity index (χ1v) is 10.2. The lowest BCUT2D eigenvalue weighted by Gasteiger charge is -2.29. The monoisotopic (exact) mass is 361 g/mol. The van der Waals surface area contributed by atoms with E-state index in [0.29, 0.717) is 11.8 Å². The van der Waals surface area contributed by atoms with Gasteiger partial charge in [-0.15, -0.1) is 0 Å². The van der Waals surface area contributed by atoms with Gasteiger partial charge in [0.25, 0.3) is 0 Å². The Morgan fingerprint density at radius 3 is 2.56 bits per heavy atom. The van der Waals surface area contributed by atoms with Crippen molar-refractivity contribution in [3.05, 3.63) is 52.8 Å². The van der Waals surface area contributed by atoms with Crippen molar-refractivity contribution < 1.29 is 0 Å². The minimum atomic E-state index is 0.467. The Morgan fingerprint density at radius 2 is 1.85 bits per heavy atom. The number of rotatable bonds is 3. The zero-order chi connectivity index (χ0) is 19.1. The van der Waals surface area contributed by atoms with Crippen LogP contribution in [0, 0.1) is 13.8 Å². The van der Waals surface area contributed by atoms with Gasteiger partial charge in [0.2, 0.25) is 0 Å². The molecule has 27 heavy (non-hydrogen) atoms. The van der Waals surface area contributed by atoms with E-state index in [9.17, 15) is 0 Å². The SMILES string of the molecule is Cc1nccc(-c2[nH]c3ccc(C4CCN(C)CC4)cc3c2C(C)C)c1C. The maximum atomic E-state index is 4.46. The number of aromatic nitrogens is 2. The third-order valence-electron chi connectivity index (χ3n) is 6.36. The van der Waals surface area contributed by atoms with Gasteiger partial charge in [0.15, 0.2) is 0 Å². The molecule has 0 radical (unpaired) electrons. The molecule has 0 unspecified atom stereocenters. The molecule has 1 aliphatic rings. The van der Waals surface area contributed by atoms with Crippen LogP contribution in [-0.4, -0.2) is 35.0 Å². The molecule has 0 saturated carbocycles. The number of aryl methyl sites for hydroxylation is 1. The molecule has 1 N–H and O–H groups in total. The van der Waals surface area contributed by atoms with Crippen LogP contribution < -0.4 is 0 Å². The van der Waals surface area contributed by atoms with E-state index in [0.717, 1.165) is 5.69 Å². The van der Waals surface area contributed by atoms with Crippen LogP contribution >= 0.6 is 0 Å². The maximum Gasteiger partial charge on any atom is 0.0503 e. The molecule has 3 heterocycles. The maximum absolute atomic E-state index is 4.46. The standard InChI is InChI=1S/C24H31N3/c1-15(2)23-21-14-19(18-9-12-27(5)13-10-18)6-7-22(21)26-24(23)20-8-11-25-17(4)16(20)3/h6-8,11,14-15,18,26H,9-10,12-13H2,1-5H3. The number of hydrogen-bond acceptors (Lipinski definition) is 2. The van der Waals surface area contributed by atoms with Gasteiger partial charge >= 0.3 is 0 Å². The van der Waals surface area contributed by atoms with Crippen molar-refractivity contribution in [1.82, 2.24) is 14.9 Å². The van der Waals surface area contributed by atoms with Crippen LogP contribution in [0.3, 0.4) is 0 Å². The van der Waals surface area contributed by atoms with Gasteiger partial charge < -0.3 is 9.88 Å². The summed E-state index contributed by atoms with van der Waals surface area (Å²) < 4.78 is 0. The third kappa shape index (κ3) is 3.29. The Labute approximate surface area is 162 Å². The van der Waals surface area contributed by atoms with Crippen LogP contribution in [0.5, 0.6) is 0 Å². The summed E-state index contributed by atoms with van der Waals surface area (Å²) in [6.45, 7) is 11.3. The molecule has 0 bridgehead atoms. The van der Waals surface area contributed by atoms with E-state index >= 15 is 0 Å². The van der Waals surface area contributed by atoms with Crippen LogP contribution in [0.2, 0.25) is 0 Å². The van der Waals surface area contributed by atoms with Crippen molar-refractivity contribution in [2.24, 2.45) is 0 Å². The molecule has 0 aliphatic carbocycles. The minimum absolute atomic E-state index is 0.467. The molecule has 0 atom stereocenters. The van der Waals surface area contributed by atoms with Crippen molar-refractivity contribution >= 4 is 10.9 Å². The molecule has 4 rings (SSSR count). The molecule has 1 saturated heterocycles. The van der Waals surface area contributed by atoms with E-state index in [1.807, 2.05) is 6.20 Å². The van der Waals surface area contributed by atoms with Crippen molar-refractivity contribution in [2.75, 3.05) is 20.1 Å². The summed E-state index contributed by atoms with van der Waals surface area (Å²) in [5.74, 6) is 1.16. The van der Waals surface area contributed by atoms with Crippen LogP contribution in [0.15, 0.2) is 30.5 Å². The number of aromatic amines is 1. The molecule has 1 aromatic carbocycles. The van der Waals surface area contributed by atoms with Gasteiger partial charge in [-0.05, 0) is 93.6 Å². The third-order valence-corrected chi connectivity index (χ3v) is 6.36. The van der Waals surface area contributed by atoms with Crippen molar-refractivity contribution in [1.29, 1.82) is 0 Å². The summed E-state index contributed by atoms with van der Waals surface area (Å²) in [5, 5.41) is 1.39. The fourth-order valence-corrected chi connectivity index (χ4v) is 4.55. The number of piperidine rings is 1. The van der Waals surface area contributed by atoms with Crippen LogP contribution in [0.4, 0.5) is 0 Å². The molecular weight excluding hydrogens is 330 g/mol. The fourth-order valence-electron chi connectivity index (χ4n) is 4.55. The predicted octanol–water partition coefficient (Wildman–Crippen LogP) is 5.78. The molecule has 1 aliphatic heterocycles. The summed E-state index contributed by atoms with van der Waals surface area (Å²) >= 11 is 0. The molecule has 0 spiro atoms. The molecule has 2 aromatic heterocycles. The zero-order valence-corrected chi connectivity index (χ0v) is 17.3. The van der Waals surface area contributed by atoms with Gasteiger partial charge in [0.1, 0.15) is 0 Å². The van der Waals surface area contributed by atoms with Crippen LogP contribution in [0.25, 0.3) is 22.2 Å². The van der Waals surface area contributed by atoms with E-state index in [2.05, 4.69) is 73.9 Å². The first-order chi connectivity index (χ1) is 13.0. The van der Waals surface area contributed by atoms with E-state index < -0.39 is 0 Å². The zero-order valence-electron chi connectivity index (χ0n) is 17.3. The molecule has 1 fully saturated rings. The average Bonchev–Trinajstić information content (AvgIpc) is 3.03. The smallest absolute Gasteiger partial charge is 0.0503 e. The second-order valence-electron chi connectivity index (χ2n) is 8.52. The number of nitrogens with one attached hydrogen (secondary N) is 1. The second-order valence-corrected chi connectivity index (χ2v) is 8.52. The van der Waals surface area contributed by atoms with Gasteiger partial charge in [-0.2, -0.15) is 0 Å². The van der Waals surface area contributed by atoms with Crippen LogP contribution in [0.1, 0.15) is 60.9 Å². The van der Waals surface area contributed by atoms with Crippen molar-refractivity contribution in [3.8, 4) is 11.3 Å². The number of fused-ring (bicyclic) bond motifs is 1. The van der Waals surface area contributed by atoms with E-state index in [1.165, 1.54) is 64.8 Å². The lowest BCUT2D eigenvalue weighted by Crippen LogP contribution is -2.29. The van der Waals surface area contributed by atoms with Gasteiger partial charge in [0.05, 0.1) is 5.69 Å². The second kappa shape index (κ2) is 7.12. The number of hydrogen-bond donors (Lipinski definition) is 1. The molecule has 0 amide bonds. The molecule has 3 nitrogen and oxygen atoms in total. The number of pyridine rings is 1. The van der Waals surface area contributed by atoms with E-state index in [1.54, 1.807) is 0 Å². The van der Waals surface area contributed by atoms with Gasteiger partial charge in [-0.1, -0.05) is 19.9 Å². The highest BCUT2D eigenvalue weighted by Gasteiger charge is 2.22. The van der Waals surface area contributed by atoms with Crippen molar-refractivity contribution in [3.63, 3.8) is 0 Å². The number of benzene rings is 1. The molecule has 3 heteroatoms.